The van der Waals surface area contributed by atoms with Gasteiger partial charge in [-0.1, -0.05) is 0 Å². The molecule has 1 heterocycles. The second kappa shape index (κ2) is 3.25. The van der Waals surface area contributed by atoms with Crippen molar-refractivity contribution in [1.29, 1.82) is 0 Å². The van der Waals surface area contributed by atoms with Crippen molar-refractivity contribution >= 4 is 5.97 Å². The predicted octanol–water partition coefficient (Wildman–Crippen LogP) is 1.46. The molecule has 14 heavy (non-hydrogen) atoms. The van der Waals surface area contributed by atoms with Crippen LogP contribution in [0.1, 0.15) is 23.2 Å². The molecule has 0 unspecified atom stereocenters. The van der Waals surface area contributed by atoms with Gasteiger partial charge in [-0.2, -0.15) is 0 Å². The number of pyridine rings is 1. The second-order valence-electron chi connectivity index (χ2n) is 3.12. The first-order valence-electron chi connectivity index (χ1n) is 4.22. The molecule has 0 atom stereocenters. The van der Waals surface area contributed by atoms with E-state index in [9.17, 15) is 9.18 Å². The lowest BCUT2D eigenvalue weighted by molar-refractivity contribution is 0.0686. The van der Waals surface area contributed by atoms with Crippen molar-refractivity contribution in [3.63, 3.8) is 0 Å². The molecule has 4 nitrogen and oxygen atoms in total. The molecule has 2 rings (SSSR count). The molecular weight excluding hydrogens is 189 g/mol. The normalized spacial score (nSPS) is 15.2. The first kappa shape index (κ1) is 8.93. The number of ether oxygens (including phenoxy) is 1. The van der Waals surface area contributed by atoms with Gasteiger partial charge in [-0.15, -0.1) is 0 Å². The number of hydrogen-bond donors (Lipinski definition) is 1. The Labute approximate surface area is 79.3 Å². The topological polar surface area (TPSA) is 59.4 Å². The van der Waals surface area contributed by atoms with Crippen molar-refractivity contribution in [2.45, 2.75) is 18.9 Å². The highest BCUT2D eigenvalue weighted by atomic mass is 19.1. The van der Waals surface area contributed by atoms with E-state index >= 15 is 0 Å². The van der Waals surface area contributed by atoms with Gasteiger partial charge in [0.2, 0.25) is 0 Å². The van der Waals surface area contributed by atoms with Crippen molar-refractivity contribution in [2.75, 3.05) is 0 Å². The monoisotopic (exact) mass is 197 g/mol. The van der Waals surface area contributed by atoms with Crippen LogP contribution < -0.4 is 4.74 Å². The molecular formula is C9H8FNO3. The average molecular weight is 197 g/mol. The molecule has 74 valence electrons. The zero-order valence-electron chi connectivity index (χ0n) is 7.24. The highest BCUT2D eigenvalue weighted by molar-refractivity contribution is 5.90. The number of aromatic nitrogens is 1. The number of halogens is 1. The molecule has 1 aliphatic carbocycles. The van der Waals surface area contributed by atoms with E-state index in [1.54, 1.807) is 0 Å². The number of carboxylic acid groups (broad SMARTS) is 1. The minimum absolute atomic E-state index is 0.0139. The van der Waals surface area contributed by atoms with E-state index in [-0.39, 0.29) is 11.9 Å². The summed E-state index contributed by atoms with van der Waals surface area (Å²) in [5, 5.41) is 8.73. The summed E-state index contributed by atoms with van der Waals surface area (Å²) in [5.74, 6) is -2.18. The number of aromatic carboxylic acids is 1. The van der Waals surface area contributed by atoms with Crippen LogP contribution in [0.3, 0.4) is 0 Å². The summed E-state index contributed by atoms with van der Waals surface area (Å²) in [6, 6.07) is 0. The molecule has 1 aromatic rings. The van der Waals surface area contributed by atoms with Gasteiger partial charge >= 0.3 is 5.97 Å². The van der Waals surface area contributed by atoms with Crippen LogP contribution in [-0.2, 0) is 0 Å². The largest absolute Gasteiger partial charge is 0.488 e. The van der Waals surface area contributed by atoms with E-state index in [1.165, 1.54) is 6.20 Å². The fourth-order valence-corrected chi connectivity index (χ4v) is 1.08. The maximum Gasteiger partial charge on any atom is 0.342 e. The Morgan fingerprint density at radius 1 is 1.57 bits per heavy atom. The molecule has 0 spiro atoms. The number of nitrogens with zero attached hydrogens (tertiary/aromatic N) is 1. The fraction of sp³-hybridized carbons (Fsp3) is 0.333. The summed E-state index contributed by atoms with van der Waals surface area (Å²) in [6.45, 7) is 0. The molecule has 0 bridgehead atoms. The lowest BCUT2D eigenvalue weighted by Gasteiger charge is -2.07. The Kier molecular flexibility index (Phi) is 2.07. The van der Waals surface area contributed by atoms with E-state index in [0.717, 1.165) is 19.0 Å². The number of rotatable bonds is 3. The minimum Gasteiger partial charge on any atom is -0.488 e. The third-order valence-electron chi connectivity index (χ3n) is 1.90. The standard InChI is InChI=1S/C9H8FNO3/c10-6-3-11-4-7(8(6)9(12)13)14-5-1-2-5/h3-5H,1-2H2,(H,12,13). The fourth-order valence-electron chi connectivity index (χ4n) is 1.08. The Morgan fingerprint density at radius 3 is 2.86 bits per heavy atom. The zero-order valence-corrected chi connectivity index (χ0v) is 7.24. The van der Waals surface area contributed by atoms with Crippen molar-refractivity contribution < 1.29 is 19.0 Å². The van der Waals surface area contributed by atoms with Gasteiger partial charge in [0.1, 0.15) is 5.56 Å². The molecule has 0 amide bonds. The summed E-state index contributed by atoms with van der Waals surface area (Å²) in [4.78, 5) is 14.2. The molecule has 0 saturated heterocycles. The van der Waals surface area contributed by atoms with Gasteiger partial charge in [-0.3, -0.25) is 4.98 Å². The molecule has 0 aromatic carbocycles. The van der Waals surface area contributed by atoms with Crippen LogP contribution in [0.5, 0.6) is 5.75 Å². The molecule has 1 N–H and O–H groups in total. The van der Waals surface area contributed by atoms with E-state index in [0.29, 0.717) is 0 Å². The number of hydrogen-bond acceptors (Lipinski definition) is 3. The maximum atomic E-state index is 13.0. The van der Waals surface area contributed by atoms with E-state index in [4.69, 9.17) is 9.84 Å². The van der Waals surface area contributed by atoms with Crippen LogP contribution in [0.25, 0.3) is 0 Å². The van der Waals surface area contributed by atoms with Gasteiger partial charge in [0.25, 0.3) is 0 Å². The van der Waals surface area contributed by atoms with Crippen LogP contribution in [0.15, 0.2) is 12.4 Å². The van der Waals surface area contributed by atoms with Crippen LogP contribution in [0, 0.1) is 5.82 Å². The zero-order chi connectivity index (χ0) is 10.1. The smallest absolute Gasteiger partial charge is 0.342 e. The Morgan fingerprint density at radius 2 is 2.29 bits per heavy atom. The third-order valence-corrected chi connectivity index (χ3v) is 1.90. The quantitative estimate of drug-likeness (QED) is 0.796. The number of carbonyl (C=O) groups is 1. The van der Waals surface area contributed by atoms with Gasteiger partial charge in [0.05, 0.1) is 18.5 Å². The summed E-state index contributed by atoms with van der Waals surface area (Å²) in [5.41, 5.74) is -0.438. The van der Waals surface area contributed by atoms with E-state index in [1.807, 2.05) is 0 Å². The van der Waals surface area contributed by atoms with Crippen molar-refractivity contribution in [2.24, 2.45) is 0 Å². The van der Waals surface area contributed by atoms with Crippen molar-refractivity contribution in [1.82, 2.24) is 4.98 Å². The lowest BCUT2D eigenvalue weighted by atomic mass is 10.2. The van der Waals surface area contributed by atoms with Crippen LogP contribution in [0.2, 0.25) is 0 Å². The molecule has 1 aromatic heterocycles. The first-order chi connectivity index (χ1) is 6.68. The van der Waals surface area contributed by atoms with Crippen LogP contribution in [0.4, 0.5) is 4.39 Å². The maximum absolute atomic E-state index is 13.0. The molecule has 1 aliphatic rings. The minimum atomic E-state index is -1.33. The summed E-state index contributed by atoms with van der Waals surface area (Å²) < 4.78 is 18.3. The van der Waals surface area contributed by atoms with Crippen molar-refractivity contribution in [3.05, 3.63) is 23.8 Å². The molecule has 0 aliphatic heterocycles. The Bertz CT molecular complexity index is 376. The van der Waals surface area contributed by atoms with Gasteiger partial charge in [-0.05, 0) is 12.8 Å². The van der Waals surface area contributed by atoms with Gasteiger partial charge in [-0.25, -0.2) is 9.18 Å². The SMILES string of the molecule is O=C(O)c1c(F)cncc1OC1CC1. The predicted molar refractivity (Wildman–Crippen MR) is 44.8 cm³/mol. The third kappa shape index (κ3) is 1.66. The highest BCUT2D eigenvalue weighted by Gasteiger charge is 2.27. The summed E-state index contributed by atoms with van der Waals surface area (Å²) in [6.07, 6.45) is 3.89. The van der Waals surface area contributed by atoms with Crippen LogP contribution in [-0.4, -0.2) is 22.2 Å². The Hall–Kier alpha value is -1.65. The summed E-state index contributed by atoms with van der Waals surface area (Å²) >= 11 is 0. The van der Waals surface area contributed by atoms with E-state index in [2.05, 4.69) is 4.98 Å². The molecule has 0 radical (unpaired) electrons. The second-order valence-corrected chi connectivity index (χ2v) is 3.12. The van der Waals surface area contributed by atoms with Gasteiger partial charge in [0, 0.05) is 0 Å². The Balaban J connectivity index is 2.35. The van der Waals surface area contributed by atoms with Gasteiger partial charge < -0.3 is 9.84 Å². The van der Waals surface area contributed by atoms with Crippen LogP contribution >= 0.6 is 0 Å². The summed E-state index contributed by atoms with van der Waals surface area (Å²) in [7, 11) is 0. The molecule has 5 heteroatoms. The molecule has 1 saturated carbocycles. The van der Waals surface area contributed by atoms with Crippen molar-refractivity contribution in [3.8, 4) is 5.75 Å². The first-order valence-corrected chi connectivity index (χ1v) is 4.22. The van der Waals surface area contributed by atoms with E-state index < -0.39 is 17.3 Å². The van der Waals surface area contributed by atoms with Gasteiger partial charge in [0.15, 0.2) is 11.6 Å². The lowest BCUT2D eigenvalue weighted by Crippen LogP contribution is -2.07. The average Bonchev–Trinajstić information content (AvgIpc) is 2.87. The number of carboxylic acids is 1. The highest BCUT2D eigenvalue weighted by Crippen LogP contribution is 2.29. The molecule has 1 fully saturated rings.